The van der Waals surface area contributed by atoms with E-state index in [1.165, 1.54) is 6.92 Å². The van der Waals surface area contributed by atoms with E-state index >= 15 is 0 Å². The number of ketones is 1. The van der Waals surface area contributed by atoms with Gasteiger partial charge in [-0.15, -0.1) is 0 Å². The topological polar surface area (TPSA) is 52.6 Å². The molecule has 0 radical (unpaired) electrons. The summed E-state index contributed by atoms with van der Waals surface area (Å²) in [6, 6.07) is 0. The molecule has 2 aliphatic carbocycles. The van der Waals surface area contributed by atoms with Crippen molar-refractivity contribution in [1.29, 1.82) is 0 Å². The second-order valence-electron chi connectivity index (χ2n) is 4.92. The summed E-state index contributed by atoms with van der Waals surface area (Å²) in [5.41, 5.74) is 0.540. The minimum atomic E-state index is -0.415. The lowest BCUT2D eigenvalue weighted by Gasteiger charge is -2.43. The second kappa shape index (κ2) is 4.69. The molecule has 2 atom stereocenters. The average molecular weight is 250 g/mol. The SMILES string of the molecule is CO[C@@]12C=CC(=O)C[C@@H]1C(C)=C(OC(C)=O)CC2. The van der Waals surface area contributed by atoms with Gasteiger partial charge in [0.15, 0.2) is 5.78 Å². The van der Waals surface area contributed by atoms with Gasteiger partial charge in [0.25, 0.3) is 0 Å². The van der Waals surface area contributed by atoms with Crippen molar-refractivity contribution in [2.45, 2.75) is 38.7 Å². The van der Waals surface area contributed by atoms with Gasteiger partial charge in [0.1, 0.15) is 5.76 Å². The van der Waals surface area contributed by atoms with Gasteiger partial charge in [-0.1, -0.05) is 0 Å². The lowest BCUT2D eigenvalue weighted by molar-refractivity contribution is -0.138. The summed E-state index contributed by atoms with van der Waals surface area (Å²) in [7, 11) is 1.66. The van der Waals surface area contributed by atoms with E-state index in [4.69, 9.17) is 9.47 Å². The first-order valence-electron chi connectivity index (χ1n) is 6.14. The Morgan fingerprint density at radius 2 is 2.22 bits per heavy atom. The van der Waals surface area contributed by atoms with Crippen molar-refractivity contribution < 1.29 is 19.1 Å². The van der Waals surface area contributed by atoms with Gasteiger partial charge in [0.2, 0.25) is 0 Å². The molecule has 0 amide bonds. The summed E-state index contributed by atoms with van der Waals surface area (Å²) in [5, 5.41) is 0. The highest BCUT2D eigenvalue weighted by molar-refractivity contribution is 5.91. The first-order valence-corrected chi connectivity index (χ1v) is 6.14. The van der Waals surface area contributed by atoms with Crippen LogP contribution >= 0.6 is 0 Å². The predicted molar refractivity (Wildman–Crippen MR) is 65.7 cm³/mol. The van der Waals surface area contributed by atoms with Crippen molar-refractivity contribution in [3.8, 4) is 0 Å². The fourth-order valence-corrected chi connectivity index (χ4v) is 2.89. The number of hydrogen-bond acceptors (Lipinski definition) is 4. The van der Waals surface area contributed by atoms with E-state index in [-0.39, 0.29) is 17.7 Å². The molecule has 0 heterocycles. The summed E-state index contributed by atoms with van der Waals surface area (Å²) in [6.45, 7) is 3.31. The molecule has 2 aliphatic rings. The van der Waals surface area contributed by atoms with Crippen molar-refractivity contribution in [3.63, 3.8) is 0 Å². The van der Waals surface area contributed by atoms with Gasteiger partial charge in [0.05, 0.1) is 5.60 Å². The summed E-state index contributed by atoms with van der Waals surface area (Å²) >= 11 is 0. The van der Waals surface area contributed by atoms with Gasteiger partial charge in [-0.25, -0.2) is 0 Å². The number of ether oxygens (including phenoxy) is 2. The molecule has 0 aliphatic heterocycles. The van der Waals surface area contributed by atoms with E-state index in [2.05, 4.69) is 0 Å². The van der Waals surface area contributed by atoms with Gasteiger partial charge >= 0.3 is 5.97 Å². The Kier molecular flexibility index (Phi) is 3.39. The maximum Gasteiger partial charge on any atom is 0.307 e. The zero-order valence-electron chi connectivity index (χ0n) is 11.0. The minimum Gasteiger partial charge on any atom is -0.431 e. The molecule has 0 saturated heterocycles. The normalized spacial score (nSPS) is 31.3. The zero-order chi connectivity index (χ0) is 13.3. The van der Waals surface area contributed by atoms with Crippen LogP contribution in [0, 0.1) is 5.92 Å². The van der Waals surface area contributed by atoms with E-state index in [0.29, 0.717) is 18.6 Å². The maximum atomic E-state index is 11.6. The lowest BCUT2D eigenvalue weighted by atomic mass is 9.69. The molecule has 2 rings (SSSR count). The summed E-state index contributed by atoms with van der Waals surface area (Å²) in [6.07, 6.45) is 5.27. The molecule has 0 saturated carbocycles. The van der Waals surface area contributed by atoms with Crippen molar-refractivity contribution in [2.24, 2.45) is 5.92 Å². The highest BCUT2D eigenvalue weighted by atomic mass is 16.5. The molecule has 0 unspecified atom stereocenters. The number of carbonyl (C=O) groups is 2. The van der Waals surface area contributed by atoms with Crippen LogP contribution in [0.25, 0.3) is 0 Å². The van der Waals surface area contributed by atoms with Crippen LogP contribution in [-0.2, 0) is 19.1 Å². The van der Waals surface area contributed by atoms with Crippen LogP contribution in [0.2, 0.25) is 0 Å². The number of hydrogen-bond donors (Lipinski definition) is 0. The van der Waals surface area contributed by atoms with Gasteiger partial charge in [0, 0.05) is 32.8 Å². The molecule has 0 bridgehead atoms. The fraction of sp³-hybridized carbons (Fsp3) is 0.571. The van der Waals surface area contributed by atoms with E-state index in [9.17, 15) is 9.59 Å². The zero-order valence-corrected chi connectivity index (χ0v) is 11.0. The Morgan fingerprint density at radius 1 is 1.50 bits per heavy atom. The van der Waals surface area contributed by atoms with Crippen LogP contribution < -0.4 is 0 Å². The predicted octanol–water partition coefficient (Wildman–Crippen LogP) is 2.15. The smallest absolute Gasteiger partial charge is 0.307 e. The Hall–Kier alpha value is -1.42. The van der Waals surface area contributed by atoms with Gasteiger partial charge in [-0.2, -0.15) is 0 Å². The minimum absolute atomic E-state index is 0.0249. The molecular weight excluding hydrogens is 232 g/mol. The quantitative estimate of drug-likeness (QED) is 0.705. The fourth-order valence-electron chi connectivity index (χ4n) is 2.89. The molecule has 0 aromatic carbocycles. The van der Waals surface area contributed by atoms with Crippen LogP contribution in [0.1, 0.15) is 33.1 Å². The molecule has 0 aromatic rings. The van der Waals surface area contributed by atoms with Crippen molar-refractivity contribution in [3.05, 3.63) is 23.5 Å². The molecule has 0 N–H and O–H groups in total. The van der Waals surface area contributed by atoms with Gasteiger partial charge < -0.3 is 9.47 Å². The van der Waals surface area contributed by atoms with Gasteiger partial charge in [-0.3, -0.25) is 9.59 Å². The standard InChI is InChI=1S/C14H18O4/c1-9-12-8-11(16)4-6-14(12,17-3)7-5-13(9)18-10(2)15/h4,6,12H,5,7-8H2,1-3H3/t12-,14-/m1/s1. The first-order chi connectivity index (χ1) is 8.48. The number of esters is 1. The molecule has 4 nitrogen and oxygen atoms in total. The van der Waals surface area contributed by atoms with Crippen LogP contribution in [0.15, 0.2) is 23.5 Å². The lowest BCUT2D eigenvalue weighted by Crippen LogP contribution is -2.45. The molecule has 0 spiro atoms. The third-order valence-electron chi connectivity index (χ3n) is 3.90. The van der Waals surface area contributed by atoms with Crippen molar-refractivity contribution >= 4 is 11.8 Å². The molecule has 4 heteroatoms. The van der Waals surface area contributed by atoms with E-state index in [1.807, 2.05) is 13.0 Å². The molecular formula is C14H18O4. The monoisotopic (exact) mass is 250 g/mol. The Bertz CT molecular complexity index is 447. The number of carbonyl (C=O) groups excluding carboxylic acids is 2. The van der Waals surface area contributed by atoms with E-state index < -0.39 is 5.60 Å². The summed E-state index contributed by atoms with van der Waals surface area (Å²) < 4.78 is 10.9. The third-order valence-corrected chi connectivity index (χ3v) is 3.90. The van der Waals surface area contributed by atoms with E-state index in [0.717, 1.165) is 12.0 Å². The first kappa shape index (κ1) is 13.0. The maximum absolute atomic E-state index is 11.6. The highest BCUT2D eigenvalue weighted by Gasteiger charge is 2.45. The largest absolute Gasteiger partial charge is 0.431 e. The Labute approximate surface area is 107 Å². The number of allylic oxidation sites excluding steroid dienone is 2. The highest BCUT2D eigenvalue weighted by Crippen LogP contribution is 2.45. The Balaban J connectivity index is 2.37. The van der Waals surface area contributed by atoms with Crippen molar-refractivity contribution in [1.82, 2.24) is 0 Å². The van der Waals surface area contributed by atoms with Gasteiger partial charge in [-0.05, 0) is 31.1 Å². The number of rotatable bonds is 2. The Morgan fingerprint density at radius 3 is 2.83 bits per heavy atom. The number of methoxy groups -OCH3 is 1. The van der Waals surface area contributed by atoms with Crippen molar-refractivity contribution in [2.75, 3.05) is 7.11 Å². The molecule has 0 fully saturated rings. The number of fused-ring (bicyclic) bond motifs is 1. The van der Waals surface area contributed by atoms with Crippen LogP contribution in [0.3, 0.4) is 0 Å². The summed E-state index contributed by atoms with van der Waals surface area (Å²) in [4.78, 5) is 22.6. The molecule has 18 heavy (non-hydrogen) atoms. The second-order valence-corrected chi connectivity index (χ2v) is 4.92. The van der Waals surface area contributed by atoms with Crippen LogP contribution in [0.5, 0.6) is 0 Å². The van der Waals surface area contributed by atoms with Crippen LogP contribution in [0.4, 0.5) is 0 Å². The molecule has 0 aromatic heterocycles. The third kappa shape index (κ3) is 2.12. The summed E-state index contributed by atoms with van der Waals surface area (Å²) in [5.74, 6) is 0.453. The van der Waals surface area contributed by atoms with E-state index in [1.54, 1.807) is 13.2 Å². The molecule has 98 valence electrons. The van der Waals surface area contributed by atoms with Crippen LogP contribution in [-0.4, -0.2) is 24.5 Å². The average Bonchev–Trinajstić information content (AvgIpc) is 2.33.